The highest BCUT2D eigenvalue weighted by molar-refractivity contribution is 5.85. The van der Waals surface area contributed by atoms with Gasteiger partial charge < -0.3 is 9.63 Å². The van der Waals surface area contributed by atoms with Gasteiger partial charge in [0.1, 0.15) is 0 Å². The fourth-order valence-electron chi connectivity index (χ4n) is 5.23. The summed E-state index contributed by atoms with van der Waals surface area (Å²) in [4.78, 5) is 16.2. The monoisotopic (exact) mass is 554 g/mol. The fourth-order valence-corrected chi connectivity index (χ4v) is 5.23. The molecule has 3 aromatic carbocycles. The summed E-state index contributed by atoms with van der Waals surface area (Å²) in [5.41, 5.74) is 4.46. The predicted molar refractivity (Wildman–Crippen MR) is 148 cm³/mol. The molecule has 41 heavy (non-hydrogen) atoms. The van der Waals surface area contributed by atoms with Crippen molar-refractivity contribution in [1.82, 2.24) is 10.1 Å². The van der Waals surface area contributed by atoms with E-state index in [1.54, 1.807) is 24.3 Å². The van der Waals surface area contributed by atoms with Crippen molar-refractivity contribution in [2.75, 3.05) is 0 Å². The molecule has 5 aromatic rings. The molecule has 0 unspecified atom stereocenters. The molecule has 1 aliphatic carbocycles. The first-order chi connectivity index (χ1) is 19.7. The van der Waals surface area contributed by atoms with Gasteiger partial charge in [-0.25, -0.2) is 0 Å². The van der Waals surface area contributed by atoms with E-state index in [2.05, 4.69) is 10.1 Å². The highest BCUT2D eigenvalue weighted by Gasteiger charge is 2.51. The zero-order valence-corrected chi connectivity index (χ0v) is 22.1. The lowest BCUT2D eigenvalue weighted by molar-refractivity contribution is -0.140. The minimum atomic E-state index is -4.49. The molecule has 1 aliphatic rings. The number of alkyl halides is 3. The SMILES string of the molecule is Cc1noc(-c2ccc(-c3ccc(C4(C(=O)O)CC4)cc3)cc2)c1Cc1cccc(-c2ccccc2C(F)(F)F)n1. The number of carboxylic acid groups (broad SMARTS) is 1. The Kier molecular flexibility index (Phi) is 6.49. The Labute approximate surface area is 234 Å². The van der Waals surface area contributed by atoms with Crippen molar-refractivity contribution >= 4 is 5.97 Å². The number of carbonyl (C=O) groups is 1. The second-order valence-corrected chi connectivity index (χ2v) is 10.4. The number of pyridine rings is 1. The van der Waals surface area contributed by atoms with Crippen LogP contribution in [0, 0.1) is 6.92 Å². The van der Waals surface area contributed by atoms with Crippen molar-refractivity contribution in [2.24, 2.45) is 0 Å². The van der Waals surface area contributed by atoms with Gasteiger partial charge in [0.05, 0.1) is 22.4 Å². The van der Waals surface area contributed by atoms with Gasteiger partial charge in [0.15, 0.2) is 5.76 Å². The van der Waals surface area contributed by atoms with Gasteiger partial charge in [-0.2, -0.15) is 13.2 Å². The maximum atomic E-state index is 13.6. The molecule has 206 valence electrons. The molecular weight excluding hydrogens is 529 g/mol. The number of aliphatic carboxylic acids is 1. The Morgan fingerprint density at radius 3 is 2.15 bits per heavy atom. The minimum absolute atomic E-state index is 0.0306. The van der Waals surface area contributed by atoms with Gasteiger partial charge in [0, 0.05) is 28.8 Å². The summed E-state index contributed by atoms with van der Waals surface area (Å²) < 4.78 is 46.5. The van der Waals surface area contributed by atoms with Crippen molar-refractivity contribution < 1.29 is 27.6 Å². The normalized spacial score (nSPS) is 14.1. The Hall–Kier alpha value is -4.72. The van der Waals surface area contributed by atoms with Crippen molar-refractivity contribution in [3.8, 4) is 33.7 Å². The van der Waals surface area contributed by atoms with Crippen LogP contribution in [0.15, 0.2) is 95.5 Å². The first-order valence-corrected chi connectivity index (χ1v) is 13.2. The smallest absolute Gasteiger partial charge is 0.417 e. The van der Waals surface area contributed by atoms with Crippen LogP contribution in [0.25, 0.3) is 33.7 Å². The molecule has 2 aromatic heterocycles. The Balaban J connectivity index is 1.25. The topological polar surface area (TPSA) is 76.2 Å². The van der Waals surface area contributed by atoms with E-state index in [4.69, 9.17) is 4.52 Å². The number of hydrogen-bond donors (Lipinski definition) is 1. The molecule has 1 saturated carbocycles. The molecule has 0 saturated heterocycles. The van der Waals surface area contributed by atoms with Gasteiger partial charge >= 0.3 is 12.1 Å². The molecule has 0 bridgehead atoms. The molecule has 0 radical (unpaired) electrons. The van der Waals surface area contributed by atoms with Crippen molar-refractivity contribution in [1.29, 1.82) is 0 Å². The van der Waals surface area contributed by atoms with Crippen LogP contribution in [-0.2, 0) is 22.8 Å². The Bertz CT molecular complexity index is 1740. The standard InChI is InChI=1S/C33H25F3N2O3/c1-20-27(19-25-5-4-8-29(37-25)26-6-2-3-7-28(26)33(34,35)36)30(41-38-20)23-11-9-21(10-12-23)22-13-15-24(16-14-22)32(17-18-32)31(39)40/h2-16H,17-19H2,1H3,(H,39,40). The molecule has 6 rings (SSSR count). The fraction of sp³-hybridized carbons (Fsp3) is 0.182. The van der Waals surface area contributed by atoms with Crippen molar-refractivity contribution in [3.05, 3.63) is 119 Å². The zero-order valence-electron chi connectivity index (χ0n) is 22.1. The van der Waals surface area contributed by atoms with E-state index in [-0.39, 0.29) is 11.3 Å². The van der Waals surface area contributed by atoms with Crippen LogP contribution in [0.3, 0.4) is 0 Å². The Morgan fingerprint density at radius 2 is 1.51 bits per heavy atom. The van der Waals surface area contributed by atoms with E-state index in [0.29, 0.717) is 36.4 Å². The van der Waals surface area contributed by atoms with Gasteiger partial charge in [-0.05, 0) is 54.7 Å². The van der Waals surface area contributed by atoms with E-state index in [1.807, 2.05) is 55.5 Å². The molecule has 0 atom stereocenters. The Morgan fingerprint density at radius 1 is 0.878 bits per heavy atom. The third-order valence-electron chi connectivity index (χ3n) is 7.74. The summed E-state index contributed by atoms with van der Waals surface area (Å²) >= 11 is 0. The van der Waals surface area contributed by atoms with Crippen molar-refractivity contribution in [3.63, 3.8) is 0 Å². The summed E-state index contributed by atoms with van der Waals surface area (Å²) in [6, 6.07) is 25.9. The van der Waals surface area contributed by atoms with Gasteiger partial charge in [-0.1, -0.05) is 78.0 Å². The lowest BCUT2D eigenvalue weighted by Gasteiger charge is -2.13. The van der Waals surface area contributed by atoms with Crippen LogP contribution >= 0.6 is 0 Å². The zero-order chi connectivity index (χ0) is 28.8. The number of benzene rings is 3. The molecule has 0 spiro atoms. The molecule has 8 heteroatoms. The van der Waals surface area contributed by atoms with Crippen LogP contribution in [0.1, 0.15) is 40.9 Å². The van der Waals surface area contributed by atoms with Crippen LogP contribution in [0.4, 0.5) is 13.2 Å². The average molecular weight is 555 g/mol. The minimum Gasteiger partial charge on any atom is -0.481 e. The molecule has 0 amide bonds. The van der Waals surface area contributed by atoms with Gasteiger partial charge in [-0.3, -0.25) is 9.78 Å². The summed E-state index contributed by atoms with van der Waals surface area (Å²) in [6.07, 6.45) is -2.83. The van der Waals surface area contributed by atoms with E-state index in [0.717, 1.165) is 33.9 Å². The average Bonchev–Trinajstić information content (AvgIpc) is 3.72. The highest BCUT2D eigenvalue weighted by atomic mass is 19.4. The van der Waals surface area contributed by atoms with Gasteiger partial charge in [0.25, 0.3) is 0 Å². The van der Waals surface area contributed by atoms with Crippen LogP contribution in [0.2, 0.25) is 0 Å². The van der Waals surface area contributed by atoms with Crippen molar-refractivity contribution in [2.45, 2.75) is 37.8 Å². The van der Waals surface area contributed by atoms with Crippen LogP contribution in [-0.4, -0.2) is 21.2 Å². The summed E-state index contributed by atoms with van der Waals surface area (Å²) in [7, 11) is 0. The number of hydrogen-bond acceptors (Lipinski definition) is 4. The molecule has 1 N–H and O–H groups in total. The summed E-state index contributed by atoms with van der Waals surface area (Å²) in [5, 5.41) is 13.7. The summed E-state index contributed by atoms with van der Waals surface area (Å²) in [6.45, 7) is 1.82. The maximum Gasteiger partial charge on any atom is 0.417 e. The lowest BCUT2D eigenvalue weighted by Crippen LogP contribution is -2.19. The van der Waals surface area contributed by atoms with Crippen LogP contribution < -0.4 is 0 Å². The predicted octanol–water partition coefficient (Wildman–Crippen LogP) is 8.10. The number of nitrogens with zero attached hydrogens (tertiary/aromatic N) is 2. The van der Waals surface area contributed by atoms with Gasteiger partial charge in [-0.15, -0.1) is 0 Å². The van der Waals surface area contributed by atoms with E-state index in [9.17, 15) is 23.1 Å². The third-order valence-corrected chi connectivity index (χ3v) is 7.74. The number of aryl methyl sites for hydroxylation is 1. The number of carboxylic acids is 1. The second-order valence-electron chi connectivity index (χ2n) is 10.4. The van der Waals surface area contributed by atoms with E-state index < -0.39 is 23.1 Å². The maximum absolute atomic E-state index is 13.6. The summed E-state index contributed by atoms with van der Waals surface area (Å²) in [5.74, 6) is -0.203. The largest absolute Gasteiger partial charge is 0.481 e. The molecule has 2 heterocycles. The number of halogens is 3. The van der Waals surface area contributed by atoms with Crippen LogP contribution in [0.5, 0.6) is 0 Å². The number of aromatic nitrogens is 2. The van der Waals surface area contributed by atoms with Gasteiger partial charge in [0.2, 0.25) is 0 Å². The van der Waals surface area contributed by atoms with E-state index in [1.165, 1.54) is 12.1 Å². The first-order valence-electron chi connectivity index (χ1n) is 13.2. The second kappa shape index (κ2) is 10.0. The van der Waals surface area contributed by atoms with E-state index >= 15 is 0 Å². The molecule has 1 fully saturated rings. The highest BCUT2D eigenvalue weighted by Crippen LogP contribution is 2.48. The lowest BCUT2D eigenvalue weighted by atomic mass is 9.93. The third kappa shape index (κ3) is 5.01. The molecule has 0 aliphatic heterocycles. The molecule has 5 nitrogen and oxygen atoms in total. The molecular formula is C33H25F3N2O3. The number of rotatable bonds is 7. The first kappa shape index (κ1) is 26.5. The quantitative estimate of drug-likeness (QED) is 0.220.